The van der Waals surface area contributed by atoms with E-state index in [1.165, 1.54) is 0 Å². The second kappa shape index (κ2) is 2.35. The topological polar surface area (TPSA) is 63.3 Å². The minimum Gasteiger partial charge on any atom is -0.396 e. The summed E-state index contributed by atoms with van der Waals surface area (Å²) in [5, 5.41) is 8.60. The predicted octanol–water partition coefficient (Wildman–Crippen LogP) is -0.510. The van der Waals surface area contributed by atoms with Gasteiger partial charge in [-0.3, -0.25) is 4.79 Å². The molecular formula is C6H11NO2. The van der Waals surface area contributed by atoms with E-state index in [4.69, 9.17) is 10.8 Å². The first-order valence-corrected chi connectivity index (χ1v) is 3.16. The van der Waals surface area contributed by atoms with Crippen molar-refractivity contribution in [2.45, 2.75) is 12.8 Å². The van der Waals surface area contributed by atoms with Crippen LogP contribution in [0, 0.1) is 11.8 Å². The van der Waals surface area contributed by atoms with Crippen LogP contribution in [-0.4, -0.2) is 17.6 Å². The van der Waals surface area contributed by atoms with Gasteiger partial charge in [0.25, 0.3) is 0 Å². The second-order valence-electron chi connectivity index (χ2n) is 2.53. The van der Waals surface area contributed by atoms with Gasteiger partial charge in [-0.05, 0) is 18.8 Å². The molecule has 0 saturated heterocycles. The van der Waals surface area contributed by atoms with E-state index >= 15 is 0 Å². The van der Waals surface area contributed by atoms with E-state index in [1.807, 2.05) is 0 Å². The number of aliphatic hydroxyl groups is 1. The van der Waals surface area contributed by atoms with Crippen molar-refractivity contribution < 1.29 is 9.90 Å². The Morgan fingerprint density at radius 2 is 2.33 bits per heavy atom. The average Bonchev–Trinajstić information content (AvgIpc) is 1.61. The first-order chi connectivity index (χ1) is 4.25. The Morgan fingerprint density at radius 1 is 1.67 bits per heavy atom. The monoisotopic (exact) mass is 129 g/mol. The summed E-state index contributed by atoms with van der Waals surface area (Å²) in [6.45, 7) is 0.105. The van der Waals surface area contributed by atoms with Gasteiger partial charge in [-0.2, -0.15) is 0 Å². The van der Waals surface area contributed by atoms with E-state index < -0.39 is 0 Å². The van der Waals surface area contributed by atoms with Crippen LogP contribution in [0.3, 0.4) is 0 Å². The molecule has 9 heavy (non-hydrogen) atoms. The second-order valence-corrected chi connectivity index (χ2v) is 2.53. The van der Waals surface area contributed by atoms with Crippen molar-refractivity contribution in [1.29, 1.82) is 0 Å². The van der Waals surface area contributed by atoms with Crippen LogP contribution in [0.1, 0.15) is 12.8 Å². The molecule has 1 rings (SSSR count). The molecule has 1 unspecified atom stereocenters. The van der Waals surface area contributed by atoms with Crippen molar-refractivity contribution in [3.8, 4) is 0 Å². The summed E-state index contributed by atoms with van der Waals surface area (Å²) in [5.74, 6) is -0.155. The van der Waals surface area contributed by atoms with Crippen molar-refractivity contribution >= 4 is 5.91 Å². The SMILES string of the molecule is NC(=O)C1CC[C@H]1CO. The highest BCUT2D eigenvalue weighted by Crippen LogP contribution is 2.32. The van der Waals surface area contributed by atoms with Crippen LogP contribution in [0.5, 0.6) is 0 Å². The van der Waals surface area contributed by atoms with E-state index in [0.717, 1.165) is 12.8 Å². The fourth-order valence-corrected chi connectivity index (χ4v) is 1.16. The first kappa shape index (κ1) is 6.55. The fourth-order valence-electron chi connectivity index (χ4n) is 1.16. The molecule has 2 atom stereocenters. The summed E-state index contributed by atoms with van der Waals surface area (Å²) < 4.78 is 0. The molecule has 0 radical (unpaired) electrons. The molecule has 3 N–H and O–H groups in total. The van der Waals surface area contributed by atoms with Gasteiger partial charge in [0, 0.05) is 12.5 Å². The summed E-state index contributed by atoms with van der Waals surface area (Å²) in [4.78, 5) is 10.5. The zero-order valence-electron chi connectivity index (χ0n) is 5.21. The van der Waals surface area contributed by atoms with Gasteiger partial charge in [0.15, 0.2) is 0 Å². The van der Waals surface area contributed by atoms with Crippen molar-refractivity contribution in [3.63, 3.8) is 0 Å². The molecule has 0 bridgehead atoms. The molecule has 0 aromatic heterocycles. The molecular weight excluding hydrogens is 118 g/mol. The largest absolute Gasteiger partial charge is 0.396 e. The quantitative estimate of drug-likeness (QED) is 0.527. The van der Waals surface area contributed by atoms with Gasteiger partial charge >= 0.3 is 0 Å². The molecule has 1 aliphatic rings. The van der Waals surface area contributed by atoms with Crippen LogP contribution in [0.25, 0.3) is 0 Å². The predicted molar refractivity (Wildman–Crippen MR) is 32.5 cm³/mol. The number of primary amides is 1. The van der Waals surface area contributed by atoms with Crippen molar-refractivity contribution in [2.24, 2.45) is 17.6 Å². The van der Waals surface area contributed by atoms with Gasteiger partial charge in [0.05, 0.1) is 0 Å². The molecule has 1 fully saturated rings. The Labute approximate surface area is 53.9 Å². The minimum atomic E-state index is -0.264. The van der Waals surface area contributed by atoms with E-state index in [2.05, 4.69) is 0 Å². The molecule has 3 heteroatoms. The van der Waals surface area contributed by atoms with Gasteiger partial charge in [-0.25, -0.2) is 0 Å². The van der Waals surface area contributed by atoms with Gasteiger partial charge < -0.3 is 10.8 Å². The Balaban J connectivity index is 2.35. The third-order valence-electron chi connectivity index (χ3n) is 2.02. The van der Waals surface area contributed by atoms with Gasteiger partial charge in [-0.15, -0.1) is 0 Å². The maximum Gasteiger partial charge on any atom is 0.220 e. The van der Waals surface area contributed by atoms with Crippen molar-refractivity contribution in [1.82, 2.24) is 0 Å². The zero-order valence-corrected chi connectivity index (χ0v) is 5.21. The Morgan fingerprint density at radius 3 is 2.44 bits per heavy atom. The Kier molecular flexibility index (Phi) is 1.71. The number of nitrogens with two attached hydrogens (primary N) is 1. The van der Waals surface area contributed by atoms with Gasteiger partial charge in [0.2, 0.25) is 5.91 Å². The van der Waals surface area contributed by atoms with Gasteiger partial charge in [-0.1, -0.05) is 0 Å². The first-order valence-electron chi connectivity index (χ1n) is 3.16. The molecule has 1 saturated carbocycles. The zero-order chi connectivity index (χ0) is 6.85. The maximum atomic E-state index is 10.5. The number of carbonyl (C=O) groups excluding carboxylic acids is 1. The van der Waals surface area contributed by atoms with Crippen LogP contribution in [0.2, 0.25) is 0 Å². The molecule has 1 aliphatic carbocycles. The molecule has 0 aliphatic heterocycles. The lowest BCUT2D eigenvalue weighted by Gasteiger charge is -2.32. The minimum absolute atomic E-state index is 0.0463. The number of amides is 1. The van der Waals surface area contributed by atoms with Crippen LogP contribution in [-0.2, 0) is 4.79 Å². The molecule has 0 aromatic carbocycles. The lowest BCUT2D eigenvalue weighted by Crippen LogP contribution is -2.39. The molecule has 52 valence electrons. The third kappa shape index (κ3) is 1.05. The van der Waals surface area contributed by atoms with E-state index in [1.54, 1.807) is 0 Å². The fraction of sp³-hybridized carbons (Fsp3) is 0.833. The van der Waals surface area contributed by atoms with Crippen LogP contribution in [0.15, 0.2) is 0 Å². The average molecular weight is 129 g/mol. The number of hydrogen-bond acceptors (Lipinski definition) is 2. The molecule has 1 amide bonds. The van der Waals surface area contributed by atoms with E-state index in [9.17, 15) is 4.79 Å². The number of rotatable bonds is 2. The number of aliphatic hydroxyl groups excluding tert-OH is 1. The molecule has 0 spiro atoms. The van der Waals surface area contributed by atoms with Crippen molar-refractivity contribution in [2.75, 3.05) is 6.61 Å². The summed E-state index contributed by atoms with van der Waals surface area (Å²) in [6, 6.07) is 0. The number of hydrogen-bond donors (Lipinski definition) is 2. The third-order valence-corrected chi connectivity index (χ3v) is 2.02. The van der Waals surface area contributed by atoms with Crippen LogP contribution < -0.4 is 5.73 Å². The standard InChI is InChI=1S/C6H11NO2/c7-6(9)5-2-1-4(5)3-8/h4-5,8H,1-3H2,(H2,7,9)/t4-,5?/m0/s1. The highest BCUT2D eigenvalue weighted by atomic mass is 16.3. The summed E-state index contributed by atoms with van der Waals surface area (Å²) in [5.41, 5.74) is 5.01. The Hall–Kier alpha value is -0.570. The normalized spacial score (nSPS) is 33.4. The maximum absolute atomic E-state index is 10.5. The summed E-state index contributed by atoms with van der Waals surface area (Å²) in [6.07, 6.45) is 1.81. The van der Waals surface area contributed by atoms with Crippen LogP contribution in [0.4, 0.5) is 0 Å². The lowest BCUT2D eigenvalue weighted by atomic mass is 9.74. The molecule has 0 heterocycles. The van der Waals surface area contributed by atoms with Crippen LogP contribution >= 0.6 is 0 Å². The van der Waals surface area contributed by atoms with Gasteiger partial charge in [0.1, 0.15) is 0 Å². The van der Waals surface area contributed by atoms with E-state index in [0.29, 0.717) is 0 Å². The Bertz CT molecular complexity index is 122. The highest BCUT2D eigenvalue weighted by molar-refractivity contribution is 5.77. The highest BCUT2D eigenvalue weighted by Gasteiger charge is 2.34. The lowest BCUT2D eigenvalue weighted by molar-refractivity contribution is -0.127. The molecule has 0 aromatic rings. The van der Waals surface area contributed by atoms with Crippen molar-refractivity contribution in [3.05, 3.63) is 0 Å². The summed E-state index contributed by atoms with van der Waals surface area (Å²) in [7, 11) is 0. The molecule has 3 nitrogen and oxygen atoms in total. The number of carbonyl (C=O) groups is 1. The van der Waals surface area contributed by atoms with E-state index in [-0.39, 0.29) is 24.3 Å². The smallest absolute Gasteiger partial charge is 0.220 e. The summed E-state index contributed by atoms with van der Waals surface area (Å²) >= 11 is 0.